The SMILES string of the molecule is C[C@@H](Nc1ccccc1)c1cc(N(C)C)cc2c(=O)cc(N3CCOCC3)oc12. The fourth-order valence-electron chi connectivity index (χ4n) is 3.64. The average Bonchev–Trinajstić information content (AvgIpc) is 2.74. The van der Waals surface area contributed by atoms with E-state index in [9.17, 15) is 4.79 Å². The minimum Gasteiger partial charge on any atom is -0.440 e. The zero-order valence-corrected chi connectivity index (χ0v) is 17.1. The number of hydrogen-bond acceptors (Lipinski definition) is 6. The van der Waals surface area contributed by atoms with Crippen LogP contribution in [0, 0.1) is 0 Å². The summed E-state index contributed by atoms with van der Waals surface area (Å²) in [5.74, 6) is 0.608. The highest BCUT2D eigenvalue weighted by Crippen LogP contribution is 2.32. The zero-order chi connectivity index (χ0) is 20.4. The van der Waals surface area contributed by atoms with E-state index in [2.05, 4.69) is 23.2 Å². The van der Waals surface area contributed by atoms with Crippen LogP contribution in [-0.4, -0.2) is 40.4 Å². The number of nitrogens with zero attached hydrogens (tertiary/aromatic N) is 2. The lowest BCUT2D eigenvalue weighted by Gasteiger charge is -2.28. The van der Waals surface area contributed by atoms with Gasteiger partial charge in [-0.1, -0.05) is 18.2 Å². The molecule has 3 aromatic rings. The largest absolute Gasteiger partial charge is 0.440 e. The Labute approximate surface area is 170 Å². The molecule has 2 aromatic carbocycles. The molecule has 1 atom stereocenters. The van der Waals surface area contributed by atoms with Crippen LogP contribution in [0.4, 0.5) is 17.3 Å². The van der Waals surface area contributed by atoms with Gasteiger partial charge in [-0.05, 0) is 31.2 Å². The molecule has 0 saturated carbocycles. The predicted octanol–water partition coefficient (Wildman–Crippen LogP) is 3.87. The molecule has 1 aliphatic heterocycles. The molecule has 29 heavy (non-hydrogen) atoms. The summed E-state index contributed by atoms with van der Waals surface area (Å²) in [7, 11) is 3.95. The first-order valence-electron chi connectivity index (χ1n) is 9.96. The Bertz CT molecular complexity index is 1040. The van der Waals surface area contributed by atoms with E-state index < -0.39 is 0 Å². The second kappa shape index (κ2) is 8.17. The number of benzene rings is 2. The number of morpholine rings is 1. The average molecular weight is 393 g/mol. The van der Waals surface area contributed by atoms with Crippen LogP contribution in [-0.2, 0) is 4.74 Å². The van der Waals surface area contributed by atoms with Gasteiger partial charge in [0.05, 0.1) is 24.6 Å². The molecule has 1 aliphatic rings. The first-order chi connectivity index (χ1) is 14.0. The Hall–Kier alpha value is -2.99. The minimum atomic E-state index is -0.0390. The third-order valence-corrected chi connectivity index (χ3v) is 5.29. The van der Waals surface area contributed by atoms with Crippen LogP contribution < -0.4 is 20.5 Å². The Morgan fingerprint density at radius 3 is 2.48 bits per heavy atom. The maximum Gasteiger partial charge on any atom is 0.200 e. The van der Waals surface area contributed by atoms with Crippen LogP contribution >= 0.6 is 0 Å². The third-order valence-electron chi connectivity index (χ3n) is 5.29. The quantitative estimate of drug-likeness (QED) is 0.710. The molecule has 1 saturated heterocycles. The highest BCUT2D eigenvalue weighted by Gasteiger charge is 2.20. The van der Waals surface area contributed by atoms with Gasteiger partial charge in [0, 0.05) is 50.2 Å². The molecule has 0 aliphatic carbocycles. The molecule has 4 rings (SSSR count). The van der Waals surface area contributed by atoms with Crippen molar-refractivity contribution in [2.24, 2.45) is 0 Å². The molecular weight excluding hydrogens is 366 g/mol. The molecule has 2 heterocycles. The van der Waals surface area contributed by atoms with E-state index in [1.165, 1.54) is 0 Å². The molecule has 0 amide bonds. The van der Waals surface area contributed by atoms with Crippen molar-refractivity contribution in [2.75, 3.05) is 55.5 Å². The summed E-state index contributed by atoms with van der Waals surface area (Å²) in [4.78, 5) is 17.1. The number of fused-ring (bicyclic) bond motifs is 1. The Morgan fingerprint density at radius 2 is 1.79 bits per heavy atom. The van der Waals surface area contributed by atoms with Crippen molar-refractivity contribution >= 4 is 28.2 Å². The van der Waals surface area contributed by atoms with E-state index in [1.54, 1.807) is 6.07 Å². The molecule has 6 nitrogen and oxygen atoms in total. The van der Waals surface area contributed by atoms with Crippen molar-refractivity contribution in [3.63, 3.8) is 0 Å². The van der Waals surface area contributed by atoms with Crippen LogP contribution in [0.15, 0.2) is 57.7 Å². The molecule has 1 aromatic heterocycles. The fourth-order valence-corrected chi connectivity index (χ4v) is 3.64. The van der Waals surface area contributed by atoms with Crippen molar-refractivity contribution in [3.05, 3.63) is 64.3 Å². The smallest absolute Gasteiger partial charge is 0.200 e. The monoisotopic (exact) mass is 393 g/mol. The standard InChI is InChI=1S/C23H27N3O3/c1-16(24-17-7-5-4-6-8-17)19-13-18(25(2)3)14-20-21(27)15-22(29-23(19)20)26-9-11-28-12-10-26/h4-8,13-16,24H,9-12H2,1-3H3/t16-/m1/s1. The topological polar surface area (TPSA) is 58.0 Å². The van der Waals surface area contributed by atoms with E-state index in [4.69, 9.17) is 9.15 Å². The van der Waals surface area contributed by atoms with Crippen LogP contribution in [0.5, 0.6) is 0 Å². The van der Waals surface area contributed by atoms with Gasteiger partial charge in [-0.3, -0.25) is 4.79 Å². The number of anilines is 3. The summed E-state index contributed by atoms with van der Waals surface area (Å²) >= 11 is 0. The molecule has 0 radical (unpaired) electrons. The molecule has 0 unspecified atom stereocenters. The number of rotatable bonds is 5. The summed E-state index contributed by atoms with van der Waals surface area (Å²) in [5, 5.41) is 4.12. The third kappa shape index (κ3) is 4.07. The van der Waals surface area contributed by atoms with Crippen molar-refractivity contribution in [3.8, 4) is 0 Å². The van der Waals surface area contributed by atoms with Gasteiger partial charge in [-0.25, -0.2) is 0 Å². The van der Waals surface area contributed by atoms with Gasteiger partial charge in [0.1, 0.15) is 5.58 Å². The van der Waals surface area contributed by atoms with E-state index >= 15 is 0 Å². The summed E-state index contributed by atoms with van der Waals surface area (Å²) in [6.45, 7) is 4.80. The molecule has 152 valence electrons. The van der Waals surface area contributed by atoms with Crippen LogP contribution in [0.3, 0.4) is 0 Å². The lowest BCUT2D eigenvalue weighted by atomic mass is 10.0. The molecule has 1 fully saturated rings. The summed E-state index contributed by atoms with van der Waals surface area (Å²) < 4.78 is 11.8. The number of para-hydroxylation sites is 1. The van der Waals surface area contributed by atoms with Crippen LogP contribution in [0.2, 0.25) is 0 Å². The van der Waals surface area contributed by atoms with Crippen molar-refractivity contribution < 1.29 is 9.15 Å². The number of hydrogen-bond donors (Lipinski definition) is 1. The van der Waals surface area contributed by atoms with Crippen LogP contribution in [0.25, 0.3) is 11.0 Å². The minimum absolute atomic E-state index is 0.0235. The van der Waals surface area contributed by atoms with E-state index in [0.29, 0.717) is 30.1 Å². The van der Waals surface area contributed by atoms with Gasteiger partial charge in [0.25, 0.3) is 0 Å². The molecular formula is C23H27N3O3. The zero-order valence-electron chi connectivity index (χ0n) is 17.1. The summed E-state index contributed by atoms with van der Waals surface area (Å²) in [6, 6.07) is 15.6. The number of nitrogens with one attached hydrogen (secondary N) is 1. The summed E-state index contributed by atoms with van der Waals surface area (Å²) in [6.07, 6.45) is 0. The lowest BCUT2D eigenvalue weighted by molar-refractivity contribution is 0.121. The van der Waals surface area contributed by atoms with Crippen molar-refractivity contribution in [1.29, 1.82) is 0 Å². The fraction of sp³-hybridized carbons (Fsp3) is 0.348. The first-order valence-corrected chi connectivity index (χ1v) is 9.96. The maximum absolute atomic E-state index is 13.0. The molecule has 0 bridgehead atoms. The molecule has 6 heteroatoms. The highest BCUT2D eigenvalue weighted by atomic mass is 16.5. The highest BCUT2D eigenvalue weighted by molar-refractivity contribution is 5.86. The normalized spacial score (nSPS) is 15.3. The predicted molar refractivity (Wildman–Crippen MR) is 118 cm³/mol. The van der Waals surface area contributed by atoms with Gasteiger partial charge < -0.3 is 24.3 Å². The van der Waals surface area contributed by atoms with E-state index in [-0.39, 0.29) is 11.5 Å². The Balaban J connectivity index is 1.83. The van der Waals surface area contributed by atoms with Crippen molar-refractivity contribution in [2.45, 2.75) is 13.0 Å². The second-order valence-corrected chi connectivity index (χ2v) is 7.59. The van der Waals surface area contributed by atoms with Gasteiger partial charge in [0.15, 0.2) is 11.3 Å². The van der Waals surface area contributed by atoms with Gasteiger partial charge in [0.2, 0.25) is 0 Å². The summed E-state index contributed by atoms with van der Waals surface area (Å²) in [5.41, 5.74) is 3.57. The van der Waals surface area contributed by atoms with Crippen molar-refractivity contribution in [1.82, 2.24) is 0 Å². The Morgan fingerprint density at radius 1 is 1.07 bits per heavy atom. The first kappa shape index (κ1) is 19.3. The number of ether oxygens (including phenoxy) is 1. The maximum atomic E-state index is 13.0. The molecule has 0 spiro atoms. The Kier molecular flexibility index (Phi) is 5.45. The molecule has 1 N–H and O–H groups in total. The van der Waals surface area contributed by atoms with E-state index in [0.717, 1.165) is 30.0 Å². The van der Waals surface area contributed by atoms with E-state index in [1.807, 2.05) is 55.4 Å². The van der Waals surface area contributed by atoms with Crippen LogP contribution in [0.1, 0.15) is 18.5 Å². The van der Waals surface area contributed by atoms with Gasteiger partial charge in [-0.15, -0.1) is 0 Å². The van der Waals surface area contributed by atoms with Gasteiger partial charge in [-0.2, -0.15) is 0 Å². The lowest BCUT2D eigenvalue weighted by Crippen LogP contribution is -2.36. The second-order valence-electron chi connectivity index (χ2n) is 7.59. The van der Waals surface area contributed by atoms with Gasteiger partial charge >= 0.3 is 0 Å².